The molecule has 2 heterocycles. The molecule has 5 nitrogen and oxygen atoms in total. The molecule has 3 aromatic rings. The van der Waals surface area contributed by atoms with E-state index in [1.54, 1.807) is 16.9 Å². The Labute approximate surface area is 146 Å². The third kappa shape index (κ3) is 3.26. The first-order chi connectivity index (χ1) is 12.4. The lowest BCUT2D eigenvalue weighted by molar-refractivity contribution is -0.137. The Morgan fingerprint density at radius 1 is 1.15 bits per heavy atom. The van der Waals surface area contributed by atoms with Crippen molar-refractivity contribution in [3.05, 3.63) is 64.6 Å². The molecule has 1 aliphatic rings. The molecule has 1 aromatic carbocycles. The predicted octanol–water partition coefficient (Wildman–Crippen LogP) is 3.52. The third-order valence-corrected chi connectivity index (χ3v) is 4.33. The van der Waals surface area contributed by atoms with Gasteiger partial charge in [-0.15, -0.1) is 0 Å². The number of rotatable bonds is 4. The molecule has 2 aromatic heterocycles. The summed E-state index contributed by atoms with van der Waals surface area (Å²) in [6, 6.07) is 7.83. The van der Waals surface area contributed by atoms with Gasteiger partial charge in [0.2, 0.25) is 5.43 Å². The molecule has 0 atom stereocenters. The zero-order valence-electron chi connectivity index (χ0n) is 13.6. The van der Waals surface area contributed by atoms with Gasteiger partial charge in [-0.1, -0.05) is 6.07 Å². The Kier molecular flexibility index (Phi) is 3.90. The molecular formula is C18H15F3N4O. The summed E-state index contributed by atoms with van der Waals surface area (Å²) in [5.41, 5.74) is -0.0952. The monoisotopic (exact) mass is 360 g/mol. The van der Waals surface area contributed by atoms with E-state index in [0.717, 1.165) is 25.0 Å². The molecule has 0 unspecified atom stereocenters. The summed E-state index contributed by atoms with van der Waals surface area (Å²) in [7, 11) is 0. The van der Waals surface area contributed by atoms with Crippen molar-refractivity contribution in [2.45, 2.75) is 25.6 Å². The summed E-state index contributed by atoms with van der Waals surface area (Å²) in [5, 5.41) is 8.51. The van der Waals surface area contributed by atoms with Gasteiger partial charge in [0.25, 0.3) is 0 Å². The Balaban J connectivity index is 1.76. The molecule has 134 valence electrons. The van der Waals surface area contributed by atoms with Crippen LogP contribution in [-0.2, 0) is 12.7 Å². The summed E-state index contributed by atoms with van der Waals surface area (Å²) in [5.74, 6) is 0.558. The second-order valence-electron chi connectivity index (χ2n) is 6.36. The average molecular weight is 360 g/mol. The Morgan fingerprint density at radius 3 is 2.69 bits per heavy atom. The van der Waals surface area contributed by atoms with Crippen molar-refractivity contribution < 1.29 is 13.2 Å². The number of aromatic nitrogens is 4. The van der Waals surface area contributed by atoms with Gasteiger partial charge in [-0.2, -0.15) is 23.4 Å². The van der Waals surface area contributed by atoms with Gasteiger partial charge in [0.05, 0.1) is 16.9 Å². The summed E-state index contributed by atoms with van der Waals surface area (Å²) >= 11 is 0. The fraction of sp³-hybridized carbons (Fsp3) is 0.278. The van der Waals surface area contributed by atoms with Crippen LogP contribution in [0.25, 0.3) is 17.1 Å². The summed E-state index contributed by atoms with van der Waals surface area (Å²) < 4.78 is 41.8. The van der Waals surface area contributed by atoms with Crippen molar-refractivity contribution >= 4 is 0 Å². The van der Waals surface area contributed by atoms with Gasteiger partial charge in [0.1, 0.15) is 0 Å². The van der Waals surface area contributed by atoms with Gasteiger partial charge in [-0.25, -0.2) is 4.68 Å². The van der Waals surface area contributed by atoms with Gasteiger partial charge < -0.3 is 0 Å². The van der Waals surface area contributed by atoms with Crippen molar-refractivity contribution in [3.8, 4) is 17.1 Å². The minimum absolute atomic E-state index is 0.170. The molecular weight excluding hydrogens is 345 g/mol. The Hall–Kier alpha value is -2.90. The van der Waals surface area contributed by atoms with Crippen LogP contribution in [0.5, 0.6) is 0 Å². The minimum atomic E-state index is -4.44. The highest BCUT2D eigenvalue weighted by Gasteiger charge is 2.30. The molecule has 0 bridgehead atoms. The summed E-state index contributed by atoms with van der Waals surface area (Å²) in [6.45, 7) is 0.710. The van der Waals surface area contributed by atoms with E-state index in [-0.39, 0.29) is 16.8 Å². The van der Waals surface area contributed by atoms with E-state index in [2.05, 4.69) is 10.2 Å². The van der Waals surface area contributed by atoms with Crippen LogP contribution in [0, 0.1) is 5.92 Å². The van der Waals surface area contributed by atoms with Crippen LogP contribution in [-0.4, -0.2) is 19.6 Å². The molecule has 1 aliphatic carbocycles. The number of hydrogen-bond donors (Lipinski definition) is 0. The van der Waals surface area contributed by atoms with Gasteiger partial charge in [0, 0.05) is 25.0 Å². The van der Waals surface area contributed by atoms with Crippen LogP contribution in [0.2, 0.25) is 0 Å². The lowest BCUT2D eigenvalue weighted by Crippen LogP contribution is -2.16. The van der Waals surface area contributed by atoms with Crippen LogP contribution in [0.1, 0.15) is 18.4 Å². The predicted molar refractivity (Wildman–Crippen MR) is 88.8 cm³/mol. The zero-order chi connectivity index (χ0) is 18.3. The van der Waals surface area contributed by atoms with E-state index >= 15 is 0 Å². The van der Waals surface area contributed by atoms with Gasteiger partial charge >= 0.3 is 6.18 Å². The number of hydrogen-bond acceptors (Lipinski definition) is 3. The fourth-order valence-corrected chi connectivity index (χ4v) is 2.78. The number of alkyl halides is 3. The van der Waals surface area contributed by atoms with Crippen molar-refractivity contribution in [1.82, 2.24) is 19.6 Å². The normalized spacial score (nSPS) is 14.6. The van der Waals surface area contributed by atoms with Crippen molar-refractivity contribution in [1.29, 1.82) is 0 Å². The van der Waals surface area contributed by atoms with E-state index in [1.165, 1.54) is 29.1 Å². The third-order valence-electron chi connectivity index (χ3n) is 4.33. The maximum Gasteiger partial charge on any atom is 0.416 e. The van der Waals surface area contributed by atoms with Gasteiger partial charge in [-0.3, -0.25) is 9.48 Å². The smallest absolute Gasteiger partial charge is 0.287 e. The van der Waals surface area contributed by atoms with Gasteiger partial charge in [-0.05, 0) is 43.0 Å². The first-order valence-electron chi connectivity index (χ1n) is 8.21. The molecule has 26 heavy (non-hydrogen) atoms. The summed E-state index contributed by atoms with van der Waals surface area (Å²) in [6.07, 6.45) is 0.788. The number of nitrogens with zero attached hydrogens (tertiary/aromatic N) is 4. The lowest BCUT2D eigenvalue weighted by Gasteiger charge is -2.11. The van der Waals surface area contributed by atoms with Crippen LogP contribution in [0.15, 0.2) is 53.6 Å². The molecule has 1 saturated carbocycles. The molecule has 1 fully saturated rings. The Morgan fingerprint density at radius 2 is 1.96 bits per heavy atom. The molecule has 0 spiro atoms. The largest absolute Gasteiger partial charge is 0.416 e. The molecule has 8 heteroatoms. The van der Waals surface area contributed by atoms with Crippen molar-refractivity contribution in [3.63, 3.8) is 0 Å². The number of halogens is 3. The number of benzene rings is 1. The summed E-state index contributed by atoms with van der Waals surface area (Å²) in [4.78, 5) is 12.3. The first kappa shape index (κ1) is 16.6. The quantitative estimate of drug-likeness (QED) is 0.715. The van der Waals surface area contributed by atoms with Crippen molar-refractivity contribution in [2.24, 2.45) is 5.92 Å². The average Bonchev–Trinajstić information content (AvgIpc) is 3.31. The second kappa shape index (κ2) is 6.12. The standard InChI is InChI=1S/C18H15F3N4O/c19-18(20,21)13-2-1-3-14(10-13)24-9-7-16(26)17(23-24)15-6-8-22-25(15)11-12-4-5-12/h1-3,6-10,12H,4-5,11H2. The van der Waals surface area contributed by atoms with Crippen LogP contribution in [0.3, 0.4) is 0 Å². The maximum absolute atomic E-state index is 12.9. The highest BCUT2D eigenvalue weighted by molar-refractivity contribution is 5.53. The molecule has 0 radical (unpaired) electrons. The lowest BCUT2D eigenvalue weighted by atomic mass is 10.2. The zero-order valence-corrected chi connectivity index (χ0v) is 13.6. The molecule has 0 N–H and O–H groups in total. The second-order valence-corrected chi connectivity index (χ2v) is 6.36. The van der Waals surface area contributed by atoms with Crippen molar-refractivity contribution in [2.75, 3.05) is 0 Å². The molecule has 0 amide bonds. The SMILES string of the molecule is O=c1ccn(-c2cccc(C(F)(F)F)c2)nc1-c1ccnn1CC1CC1. The molecule has 0 saturated heterocycles. The van der Waals surface area contributed by atoms with E-state index in [1.807, 2.05) is 0 Å². The first-order valence-corrected chi connectivity index (χ1v) is 8.21. The topological polar surface area (TPSA) is 52.7 Å². The van der Waals surface area contributed by atoms with Crippen LogP contribution >= 0.6 is 0 Å². The highest BCUT2D eigenvalue weighted by atomic mass is 19.4. The van der Waals surface area contributed by atoms with Crippen LogP contribution < -0.4 is 5.43 Å². The van der Waals surface area contributed by atoms with Gasteiger partial charge in [0.15, 0.2) is 5.69 Å². The maximum atomic E-state index is 12.9. The van der Waals surface area contributed by atoms with E-state index in [9.17, 15) is 18.0 Å². The molecule has 0 aliphatic heterocycles. The highest BCUT2D eigenvalue weighted by Crippen LogP contribution is 2.32. The molecule has 4 rings (SSSR count). The Bertz CT molecular complexity index is 1000. The van der Waals surface area contributed by atoms with E-state index in [0.29, 0.717) is 18.2 Å². The van der Waals surface area contributed by atoms with E-state index in [4.69, 9.17) is 0 Å². The fourth-order valence-electron chi connectivity index (χ4n) is 2.78. The van der Waals surface area contributed by atoms with E-state index < -0.39 is 11.7 Å². The minimum Gasteiger partial charge on any atom is -0.287 e. The van der Waals surface area contributed by atoms with Crippen LogP contribution in [0.4, 0.5) is 13.2 Å².